The topological polar surface area (TPSA) is 65.6 Å². The second kappa shape index (κ2) is 14.3. The van der Waals surface area contributed by atoms with Crippen molar-refractivity contribution in [3.05, 3.63) is 82.1 Å². The number of rotatable bonds is 9. The summed E-state index contributed by atoms with van der Waals surface area (Å²) in [6, 6.07) is 16.1. The molecule has 0 spiro atoms. The number of nitrogens with zero attached hydrogens (tertiary/aromatic N) is 4. The standard InChI is InChI=1S/C38H46ClFN4O4/c1-24(2)48-35-21-31-27(18-34(35)47-5)19-36(45)44(38(31)26-8-10-28(39)11-9-26)33-15-14-30(20-32(33)40)42(4)22-25-6-12-29(13-7-25)43-17-16-41(3)37(46)23-43/h8-11,14-15,18,20-21,24-25,29,38H,6-7,12-13,16-17,19,22-23H2,1-5H3/t25-,29-,38?. The third-order valence-corrected chi connectivity index (χ3v) is 10.4. The van der Waals surface area contributed by atoms with Gasteiger partial charge in [0.15, 0.2) is 11.5 Å². The minimum Gasteiger partial charge on any atom is -0.493 e. The number of piperazine rings is 1. The molecule has 48 heavy (non-hydrogen) atoms. The summed E-state index contributed by atoms with van der Waals surface area (Å²) in [4.78, 5) is 34.0. The molecule has 1 atom stereocenters. The van der Waals surface area contributed by atoms with Gasteiger partial charge in [0, 0.05) is 50.5 Å². The molecule has 0 bridgehead atoms. The predicted octanol–water partition coefficient (Wildman–Crippen LogP) is 6.72. The summed E-state index contributed by atoms with van der Waals surface area (Å²) in [5, 5.41) is 0.577. The average molecular weight is 677 g/mol. The van der Waals surface area contributed by atoms with Crippen LogP contribution in [0.15, 0.2) is 54.6 Å². The number of amides is 2. The second-order valence-electron chi connectivity index (χ2n) is 13.7. The van der Waals surface area contributed by atoms with Gasteiger partial charge in [0.2, 0.25) is 11.8 Å². The van der Waals surface area contributed by atoms with Gasteiger partial charge in [-0.1, -0.05) is 23.7 Å². The van der Waals surface area contributed by atoms with Crippen LogP contribution in [0.3, 0.4) is 0 Å². The van der Waals surface area contributed by atoms with E-state index in [1.165, 1.54) is 0 Å². The molecule has 3 aliphatic rings. The van der Waals surface area contributed by atoms with Crippen molar-refractivity contribution >= 4 is 34.8 Å². The van der Waals surface area contributed by atoms with Crippen LogP contribution in [-0.2, 0) is 16.0 Å². The molecule has 2 heterocycles. The number of hydrogen-bond donors (Lipinski definition) is 0. The van der Waals surface area contributed by atoms with E-state index in [4.69, 9.17) is 21.1 Å². The second-order valence-corrected chi connectivity index (χ2v) is 14.2. The Hall–Kier alpha value is -3.82. The van der Waals surface area contributed by atoms with Crippen molar-refractivity contribution in [1.82, 2.24) is 9.80 Å². The van der Waals surface area contributed by atoms with Crippen molar-refractivity contribution in [2.24, 2.45) is 5.92 Å². The monoisotopic (exact) mass is 676 g/mol. The molecule has 1 aliphatic carbocycles. The lowest BCUT2D eigenvalue weighted by Crippen LogP contribution is -2.53. The quantitative estimate of drug-likeness (QED) is 0.251. The number of methoxy groups -OCH3 is 1. The number of likely N-dealkylation sites (N-methyl/N-ethyl adjacent to an activating group) is 1. The zero-order valence-corrected chi connectivity index (χ0v) is 29.3. The lowest BCUT2D eigenvalue weighted by Gasteiger charge is -2.41. The van der Waals surface area contributed by atoms with Crippen LogP contribution in [-0.4, -0.2) is 81.1 Å². The molecule has 2 aliphatic heterocycles. The molecule has 0 radical (unpaired) electrons. The fraction of sp³-hybridized carbons (Fsp3) is 0.474. The Balaban J connectivity index is 1.22. The Bertz CT molecular complexity index is 1640. The molecule has 6 rings (SSSR count). The van der Waals surface area contributed by atoms with Crippen molar-refractivity contribution in [1.29, 1.82) is 0 Å². The highest BCUT2D eigenvalue weighted by atomic mass is 35.5. The van der Waals surface area contributed by atoms with Gasteiger partial charge in [-0.05, 0) is 105 Å². The Morgan fingerprint density at radius 2 is 1.69 bits per heavy atom. The van der Waals surface area contributed by atoms with E-state index in [9.17, 15) is 9.59 Å². The van der Waals surface area contributed by atoms with Gasteiger partial charge in [-0.25, -0.2) is 4.39 Å². The number of ether oxygens (including phenoxy) is 2. The number of carbonyl (C=O) groups excluding carboxylic acids is 2. The predicted molar refractivity (Wildman–Crippen MR) is 188 cm³/mol. The molecule has 10 heteroatoms. The highest BCUT2D eigenvalue weighted by Crippen LogP contribution is 2.45. The van der Waals surface area contributed by atoms with E-state index in [0.717, 1.165) is 67.7 Å². The van der Waals surface area contributed by atoms with Crippen molar-refractivity contribution < 1.29 is 23.5 Å². The van der Waals surface area contributed by atoms with E-state index < -0.39 is 11.9 Å². The van der Waals surface area contributed by atoms with Gasteiger partial charge >= 0.3 is 0 Å². The molecule has 0 N–H and O–H groups in total. The number of benzene rings is 3. The lowest BCUT2D eigenvalue weighted by molar-refractivity contribution is -0.135. The molecule has 2 amide bonds. The van der Waals surface area contributed by atoms with E-state index in [1.54, 1.807) is 36.3 Å². The molecule has 0 aromatic heterocycles. The molecule has 256 valence electrons. The third-order valence-electron chi connectivity index (χ3n) is 10.1. The molecule has 1 unspecified atom stereocenters. The number of hydrogen-bond acceptors (Lipinski definition) is 6. The first-order chi connectivity index (χ1) is 23.0. The first kappa shape index (κ1) is 34.1. The SMILES string of the molecule is COc1cc2c(cc1OC(C)C)C(c1ccc(Cl)cc1)N(c1ccc(N(C)C[C@H]3CC[C@H](N4CCN(C)C(=O)C4)CC3)cc1F)C(=O)C2. The number of carbonyl (C=O) groups is 2. The van der Waals surface area contributed by atoms with Crippen LogP contribution in [0.25, 0.3) is 0 Å². The van der Waals surface area contributed by atoms with E-state index >= 15 is 4.39 Å². The summed E-state index contributed by atoms with van der Waals surface area (Å²) in [6.45, 7) is 6.96. The zero-order valence-electron chi connectivity index (χ0n) is 28.5. The summed E-state index contributed by atoms with van der Waals surface area (Å²) in [5.41, 5.74) is 3.48. The normalized spacial score (nSPS) is 21.8. The minimum absolute atomic E-state index is 0.0908. The molecule has 3 aromatic carbocycles. The summed E-state index contributed by atoms with van der Waals surface area (Å²) in [7, 11) is 5.46. The lowest BCUT2D eigenvalue weighted by atomic mass is 9.84. The van der Waals surface area contributed by atoms with E-state index in [0.29, 0.717) is 35.0 Å². The first-order valence-electron chi connectivity index (χ1n) is 17.0. The van der Waals surface area contributed by atoms with Crippen LogP contribution >= 0.6 is 11.6 Å². The van der Waals surface area contributed by atoms with E-state index in [2.05, 4.69) is 9.80 Å². The van der Waals surface area contributed by atoms with Crippen molar-refractivity contribution in [2.45, 2.75) is 64.1 Å². The smallest absolute Gasteiger partial charge is 0.236 e. The van der Waals surface area contributed by atoms with Gasteiger partial charge < -0.3 is 19.3 Å². The number of anilines is 2. The molecule has 1 saturated carbocycles. The Morgan fingerprint density at radius 1 is 0.958 bits per heavy atom. The summed E-state index contributed by atoms with van der Waals surface area (Å²) in [5.74, 6) is 1.16. The number of fused-ring (bicyclic) bond motifs is 1. The molecule has 8 nitrogen and oxygen atoms in total. The van der Waals surface area contributed by atoms with Crippen LogP contribution in [0.1, 0.15) is 62.3 Å². The highest BCUT2D eigenvalue weighted by Gasteiger charge is 2.38. The Morgan fingerprint density at radius 3 is 2.33 bits per heavy atom. The first-order valence-corrected chi connectivity index (χ1v) is 17.3. The van der Waals surface area contributed by atoms with Gasteiger partial charge in [0.25, 0.3) is 0 Å². The Kier molecular flexibility index (Phi) is 10.2. The van der Waals surface area contributed by atoms with Gasteiger partial charge in [-0.2, -0.15) is 0 Å². The maximum atomic E-state index is 16.2. The number of halogens is 2. The Labute approximate surface area is 288 Å². The highest BCUT2D eigenvalue weighted by molar-refractivity contribution is 6.30. The zero-order chi connectivity index (χ0) is 34.1. The van der Waals surface area contributed by atoms with Crippen LogP contribution in [0.2, 0.25) is 5.02 Å². The van der Waals surface area contributed by atoms with E-state index in [-0.39, 0.29) is 30.0 Å². The fourth-order valence-corrected chi connectivity index (χ4v) is 7.64. The molecule has 2 fully saturated rings. The van der Waals surface area contributed by atoms with Gasteiger partial charge in [0.1, 0.15) is 5.82 Å². The fourth-order valence-electron chi connectivity index (χ4n) is 7.51. The van der Waals surface area contributed by atoms with Crippen molar-refractivity contribution in [3.8, 4) is 11.5 Å². The van der Waals surface area contributed by atoms with Gasteiger partial charge in [-0.3, -0.25) is 19.4 Å². The molecule has 1 saturated heterocycles. The molecule has 3 aromatic rings. The summed E-state index contributed by atoms with van der Waals surface area (Å²) < 4.78 is 28.0. The van der Waals surface area contributed by atoms with Gasteiger partial charge in [0.05, 0.1) is 37.9 Å². The van der Waals surface area contributed by atoms with Crippen LogP contribution in [0.5, 0.6) is 11.5 Å². The van der Waals surface area contributed by atoms with Crippen molar-refractivity contribution in [3.63, 3.8) is 0 Å². The average Bonchev–Trinajstić information content (AvgIpc) is 3.06. The van der Waals surface area contributed by atoms with E-state index in [1.807, 2.05) is 63.2 Å². The van der Waals surface area contributed by atoms with Crippen LogP contribution in [0.4, 0.5) is 15.8 Å². The summed E-state index contributed by atoms with van der Waals surface area (Å²) in [6.07, 6.45) is 4.31. The maximum Gasteiger partial charge on any atom is 0.236 e. The van der Waals surface area contributed by atoms with Crippen molar-refractivity contribution in [2.75, 3.05) is 57.2 Å². The van der Waals surface area contributed by atoms with Crippen LogP contribution in [0, 0.1) is 11.7 Å². The largest absolute Gasteiger partial charge is 0.493 e. The van der Waals surface area contributed by atoms with Gasteiger partial charge in [-0.15, -0.1) is 0 Å². The molecular formula is C38H46ClFN4O4. The maximum absolute atomic E-state index is 16.2. The summed E-state index contributed by atoms with van der Waals surface area (Å²) >= 11 is 6.25. The third kappa shape index (κ3) is 7.13. The minimum atomic E-state index is -0.595. The molecular weight excluding hydrogens is 631 g/mol. The van der Waals surface area contributed by atoms with Crippen LogP contribution < -0.4 is 19.3 Å².